The van der Waals surface area contributed by atoms with Crippen LogP contribution in [0.25, 0.3) is 6.08 Å². The Morgan fingerprint density at radius 2 is 2.00 bits per heavy atom. The Labute approximate surface area is 200 Å². The highest BCUT2D eigenvalue weighted by Gasteiger charge is 2.23. The lowest BCUT2D eigenvalue weighted by atomic mass is 10.1. The lowest BCUT2D eigenvalue weighted by Crippen LogP contribution is -2.07. The molecule has 2 aromatic carbocycles. The number of rotatable bonds is 7. The number of benzene rings is 2. The molecule has 0 aliphatic carbocycles. The van der Waals surface area contributed by atoms with E-state index in [2.05, 4.69) is 9.98 Å². The van der Waals surface area contributed by atoms with Crippen molar-refractivity contribution in [1.29, 1.82) is 5.26 Å². The predicted octanol–water partition coefficient (Wildman–Crippen LogP) is 5.65. The van der Waals surface area contributed by atoms with E-state index in [0.29, 0.717) is 27.7 Å². The lowest BCUT2D eigenvalue weighted by Gasteiger charge is -2.05. The number of nitriles is 1. The summed E-state index contributed by atoms with van der Waals surface area (Å²) in [4.78, 5) is 9.07. The van der Waals surface area contributed by atoms with Crippen molar-refractivity contribution in [2.45, 2.75) is 19.9 Å². The fourth-order valence-corrected chi connectivity index (χ4v) is 4.43. The van der Waals surface area contributed by atoms with Gasteiger partial charge in [-0.05, 0) is 55.4 Å². The summed E-state index contributed by atoms with van der Waals surface area (Å²) in [6.45, 7) is 3.03. The van der Waals surface area contributed by atoms with Gasteiger partial charge in [0, 0.05) is 12.6 Å². The van der Waals surface area contributed by atoms with Crippen LogP contribution in [0.4, 0.5) is 5.69 Å². The van der Waals surface area contributed by atoms with Crippen LogP contribution in [0.15, 0.2) is 70.5 Å². The number of aliphatic imine (C=N–C) groups is 2. The van der Waals surface area contributed by atoms with Crippen molar-refractivity contribution < 1.29 is 14.6 Å². The number of aromatic hydroxyl groups is 1. The molecular weight excluding hydrogens is 456 g/mol. The van der Waals surface area contributed by atoms with E-state index in [9.17, 15) is 10.4 Å². The Bertz CT molecular complexity index is 1330. The van der Waals surface area contributed by atoms with Gasteiger partial charge in [-0.25, -0.2) is 4.99 Å². The van der Waals surface area contributed by atoms with Crippen molar-refractivity contribution in [1.82, 2.24) is 4.57 Å². The van der Waals surface area contributed by atoms with Crippen LogP contribution in [0.3, 0.4) is 0 Å². The van der Waals surface area contributed by atoms with Gasteiger partial charge in [0.25, 0.3) is 5.90 Å². The van der Waals surface area contributed by atoms with Crippen LogP contribution in [0, 0.1) is 15.3 Å². The fourth-order valence-electron chi connectivity index (χ4n) is 3.14. The molecule has 0 atom stereocenters. The standard InChI is InChI=1S/C24H20N4O3S2/c1-2-30-18-10-8-17(9-11-18)26-22-19(15-25)27-21(31-22)14-20-23(29)28(24(32)33-20)13-12-16-6-4-3-5-7-16/h3-11,14,29H,2,12-13H2,1H3/b21-14+,26-22?. The first-order valence-corrected chi connectivity index (χ1v) is 11.5. The molecule has 33 heavy (non-hydrogen) atoms. The molecule has 0 unspecified atom stereocenters. The van der Waals surface area contributed by atoms with Gasteiger partial charge in [-0.15, -0.1) is 11.3 Å². The average molecular weight is 477 g/mol. The zero-order chi connectivity index (χ0) is 23.2. The van der Waals surface area contributed by atoms with E-state index in [0.717, 1.165) is 17.7 Å². The third kappa shape index (κ3) is 5.37. The Morgan fingerprint density at radius 1 is 1.24 bits per heavy atom. The predicted molar refractivity (Wildman–Crippen MR) is 132 cm³/mol. The summed E-state index contributed by atoms with van der Waals surface area (Å²) >= 11 is 6.68. The van der Waals surface area contributed by atoms with Crippen LogP contribution < -0.4 is 4.74 Å². The molecule has 0 amide bonds. The maximum atomic E-state index is 10.7. The zero-order valence-electron chi connectivity index (χ0n) is 17.8. The molecule has 0 saturated heterocycles. The molecule has 0 saturated carbocycles. The number of nitrogens with zero attached hydrogens (tertiary/aromatic N) is 4. The highest BCUT2D eigenvalue weighted by atomic mass is 32.1. The molecule has 2 heterocycles. The van der Waals surface area contributed by atoms with Gasteiger partial charge in [0.2, 0.25) is 17.5 Å². The molecular formula is C24H20N4O3S2. The first-order chi connectivity index (χ1) is 16.1. The summed E-state index contributed by atoms with van der Waals surface area (Å²) in [5, 5.41) is 20.1. The number of thiazole rings is 1. The molecule has 1 N–H and O–H groups in total. The van der Waals surface area contributed by atoms with Crippen molar-refractivity contribution in [2.24, 2.45) is 9.98 Å². The van der Waals surface area contributed by atoms with Crippen molar-refractivity contribution >= 4 is 46.9 Å². The molecule has 1 aliphatic heterocycles. The van der Waals surface area contributed by atoms with E-state index in [-0.39, 0.29) is 23.4 Å². The third-order valence-corrected chi connectivity index (χ3v) is 6.11. The van der Waals surface area contributed by atoms with E-state index in [1.54, 1.807) is 34.9 Å². The normalized spacial score (nSPS) is 15.3. The largest absolute Gasteiger partial charge is 0.494 e. The summed E-state index contributed by atoms with van der Waals surface area (Å²) in [5.41, 5.74) is 1.81. The number of hydrogen-bond donors (Lipinski definition) is 1. The van der Waals surface area contributed by atoms with Crippen LogP contribution in [0.5, 0.6) is 11.6 Å². The lowest BCUT2D eigenvalue weighted by molar-refractivity contribution is 0.340. The highest BCUT2D eigenvalue weighted by molar-refractivity contribution is 7.73. The van der Waals surface area contributed by atoms with Crippen molar-refractivity contribution in [3.05, 3.63) is 74.9 Å². The minimum absolute atomic E-state index is 0.0441. The number of aryl methyl sites for hydroxylation is 1. The zero-order valence-corrected chi connectivity index (χ0v) is 19.4. The van der Waals surface area contributed by atoms with E-state index in [4.69, 9.17) is 21.7 Å². The SMILES string of the molecule is CCOc1ccc(N=C2O/C(=C/c3sc(=S)n(CCc4ccccc4)c3O)N=C2C#N)cc1. The van der Waals surface area contributed by atoms with Crippen LogP contribution >= 0.6 is 23.6 Å². The van der Waals surface area contributed by atoms with Crippen LogP contribution in [-0.4, -0.2) is 27.9 Å². The molecule has 166 valence electrons. The van der Waals surface area contributed by atoms with Crippen molar-refractivity contribution in [3.63, 3.8) is 0 Å². The second-order valence-electron chi connectivity index (χ2n) is 6.94. The molecule has 0 bridgehead atoms. The maximum absolute atomic E-state index is 10.7. The van der Waals surface area contributed by atoms with Gasteiger partial charge in [-0.1, -0.05) is 30.3 Å². The van der Waals surface area contributed by atoms with E-state index >= 15 is 0 Å². The van der Waals surface area contributed by atoms with Crippen LogP contribution in [-0.2, 0) is 17.7 Å². The van der Waals surface area contributed by atoms with Crippen molar-refractivity contribution in [3.8, 4) is 17.7 Å². The first kappa shape index (κ1) is 22.5. The molecule has 1 aromatic heterocycles. The molecule has 0 spiro atoms. The molecule has 3 aromatic rings. The minimum atomic E-state index is 0.0441. The Hall–Kier alpha value is -3.74. The van der Waals surface area contributed by atoms with Gasteiger partial charge < -0.3 is 14.6 Å². The summed E-state index contributed by atoms with van der Waals surface area (Å²) < 4.78 is 13.3. The maximum Gasteiger partial charge on any atom is 0.258 e. The molecule has 7 nitrogen and oxygen atoms in total. The van der Waals surface area contributed by atoms with E-state index < -0.39 is 0 Å². The Balaban J connectivity index is 1.53. The van der Waals surface area contributed by atoms with Gasteiger partial charge in [-0.2, -0.15) is 10.3 Å². The van der Waals surface area contributed by atoms with Crippen LogP contribution in [0.2, 0.25) is 0 Å². The fraction of sp³-hybridized carbons (Fsp3) is 0.167. The second kappa shape index (κ2) is 10.3. The van der Waals surface area contributed by atoms with Crippen LogP contribution in [0.1, 0.15) is 17.4 Å². The van der Waals surface area contributed by atoms with E-state index in [1.807, 2.05) is 43.3 Å². The van der Waals surface area contributed by atoms with Gasteiger partial charge in [-0.3, -0.25) is 4.57 Å². The average Bonchev–Trinajstić information content (AvgIpc) is 3.33. The van der Waals surface area contributed by atoms with E-state index in [1.165, 1.54) is 11.3 Å². The summed E-state index contributed by atoms with van der Waals surface area (Å²) in [7, 11) is 0. The minimum Gasteiger partial charge on any atom is -0.494 e. The first-order valence-electron chi connectivity index (χ1n) is 10.2. The topological polar surface area (TPSA) is 92.1 Å². The summed E-state index contributed by atoms with van der Waals surface area (Å²) in [5.74, 6) is 1.04. The molecule has 4 rings (SSSR count). The second-order valence-corrected chi connectivity index (χ2v) is 8.62. The van der Waals surface area contributed by atoms with Crippen molar-refractivity contribution in [2.75, 3.05) is 6.61 Å². The summed E-state index contributed by atoms with van der Waals surface area (Å²) in [6, 6.07) is 19.1. The number of hydrogen-bond acceptors (Lipinski definition) is 8. The van der Waals surface area contributed by atoms with Gasteiger partial charge in [0.05, 0.1) is 17.2 Å². The quantitative estimate of drug-likeness (QED) is 0.445. The molecule has 1 aliphatic rings. The number of ether oxygens (including phenoxy) is 2. The Morgan fingerprint density at radius 3 is 2.70 bits per heavy atom. The third-order valence-electron chi connectivity index (χ3n) is 4.73. The van der Waals surface area contributed by atoms with Gasteiger partial charge in [0.1, 0.15) is 11.8 Å². The highest BCUT2D eigenvalue weighted by Crippen LogP contribution is 2.30. The Kier molecular flexibility index (Phi) is 6.98. The smallest absolute Gasteiger partial charge is 0.258 e. The molecule has 9 heteroatoms. The van der Waals surface area contributed by atoms with Gasteiger partial charge in [0.15, 0.2) is 3.95 Å². The molecule has 0 fully saturated rings. The molecule has 0 radical (unpaired) electrons. The number of aromatic nitrogens is 1. The van der Waals surface area contributed by atoms with Gasteiger partial charge >= 0.3 is 0 Å². The monoisotopic (exact) mass is 476 g/mol. The summed E-state index contributed by atoms with van der Waals surface area (Å²) in [6.07, 6.45) is 2.30.